The van der Waals surface area contributed by atoms with Crippen molar-refractivity contribution in [2.24, 2.45) is 0 Å². The van der Waals surface area contributed by atoms with Crippen molar-refractivity contribution in [1.29, 1.82) is 0 Å². The Bertz CT molecular complexity index is 666. The summed E-state index contributed by atoms with van der Waals surface area (Å²) in [5.74, 6) is -3.99. The van der Waals surface area contributed by atoms with Crippen LogP contribution in [-0.4, -0.2) is 11.7 Å². The van der Waals surface area contributed by atoms with Gasteiger partial charge in [0.05, 0.1) is 11.3 Å². The van der Waals surface area contributed by atoms with E-state index in [9.17, 15) is 18.0 Å². The molecule has 0 aromatic heterocycles. The summed E-state index contributed by atoms with van der Waals surface area (Å²) in [6, 6.07) is 10.1. The topological polar surface area (TPSA) is 29.1 Å². The van der Waals surface area contributed by atoms with E-state index in [1.807, 2.05) is 0 Å². The second-order valence-electron chi connectivity index (χ2n) is 3.95. The molecule has 2 aromatic rings. The van der Waals surface area contributed by atoms with Crippen LogP contribution in [-0.2, 0) is 0 Å². The number of alkyl halides is 2. The molecule has 1 amide bonds. The Hall–Kier alpha value is -1.47. The number of hydrogen-bond acceptors (Lipinski definition) is 2. The SMILES string of the molecule is O=C(Nc1ccccc1SC(F)F)c1ccc(Br)cc1F. The number of carbonyl (C=O) groups is 1. The maximum Gasteiger partial charge on any atom is 0.288 e. The number of carbonyl (C=O) groups excluding carboxylic acids is 1. The van der Waals surface area contributed by atoms with Crippen LogP contribution in [0.25, 0.3) is 0 Å². The molecule has 0 heterocycles. The molecule has 2 rings (SSSR count). The summed E-state index contributed by atoms with van der Waals surface area (Å²) in [7, 11) is 0. The predicted octanol–water partition coefficient (Wildman–Crippen LogP) is 5.16. The molecule has 0 fully saturated rings. The molecule has 0 saturated heterocycles. The molecule has 7 heteroatoms. The molecule has 2 nitrogen and oxygen atoms in total. The summed E-state index contributed by atoms with van der Waals surface area (Å²) < 4.78 is 39.1. The monoisotopic (exact) mass is 375 g/mol. The molecule has 0 unspecified atom stereocenters. The number of anilines is 1. The van der Waals surface area contributed by atoms with Crippen molar-refractivity contribution in [2.45, 2.75) is 10.7 Å². The first-order valence-corrected chi connectivity index (χ1v) is 7.45. The molecule has 0 aliphatic heterocycles. The summed E-state index contributed by atoms with van der Waals surface area (Å²) >= 11 is 3.41. The first kappa shape index (κ1) is 15.9. The zero-order valence-electron chi connectivity index (χ0n) is 10.4. The van der Waals surface area contributed by atoms with E-state index in [0.29, 0.717) is 16.2 Å². The van der Waals surface area contributed by atoms with E-state index < -0.39 is 17.5 Å². The molecular formula is C14H9BrF3NOS. The zero-order chi connectivity index (χ0) is 15.4. The van der Waals surface area contributed by atoms with E-state index >= 15 is 0 Å². The average molecular weight is 376 g/mol. The third-order valence-corrected chi connectivity index (χ3v) is 3.81. The van der Waals surface area contributed by atoms with E-state index in [2.05, 4.69) is 21.2 Å². The number of amides is 1. The van der Waals surface area contributed by atoms with Crippen molar-refractivity contribution in [3.8, 4) is 0 Å². The third kappa shape index (κ3) is 4.25. The lowest BCUT2D eigenvalue weighted by molar-refractivity contribution is 0.102. The highest BCUT2D eigenvalue weighted by Crippen LogP contribution is 2.32. The van der Waals surface area contributed by atoms with Gasteiger partial charge in [-0.1, -0.05) is 39.8 Å². The van der Waals surface area contributed by atoms with Crippen molar-refractivity contribution in [1.82, 2.24) is 0 Å². The highest BCUT2D eigenvalue weighted by atomic mass is 79.9. The molecule has 0 aliphatic carbocycles. The third-order valence-electron chi connectivity index (χ3n) is 2.53. The fraction of sp³-hybridized carbons (Fsp3) is 0.0714. The van der Waals surface area contributed by atoms with Crippen LogP contribution in [0.1, 0.15) is 10.4 Å². The quantitative estimate of drug-likeness (QED) is 0.748. The van der Waals surface area contributed by atoms with Crippen LogP contribution in [0.5, 0.6) is 0 Å². The molecule has 0 atom stereocenters. The maximum atomic E-state index is 13.7. The van der Waals surface area contributed by atoms with Gasteiger partial charge in [0.2, 0.25) is 0 Å². The second kappa shape index (κ2) is 7.00. The van der Waals surface area contributed by atoms with Crippen LogP contribution in [0.2, 0.25) is 0 Å². The zero-order valence-corrected chi connectivity index (χ0v) is 12.8. The number of nitrogens with one attached hydrogen (secondary N) is 1. The van der Waals surface area contributed by atoms with Gasteiger partial charge in [-0.25, -0.2) is 4.39 Å². The summed E-state index contributed by atoms with van der Waals surface area (Å²) in [5, 5.41) is 2.44. The lowest BCUT2D eigenvalue weighted by Gasteiger charge is -2.10. The minimum atomic E-state index is -2.60. The Kier molecular flexibility index (Phi) is 5.30. The van der Waals surface area contributed by atoms with Crippen molar-refractivity contribution < 1.29 is 18.0 Å². The Labute approximate surface area is 131 Å². The fourth-order valence-corrected chi connectivity index (χ4v) is 2.56. The Morgan fingerprint density at radius 1 is 1.19 bits per heavy atom. The van der Waals surface area contributed by atoms with Gasteiger partial charge in [0.1, 0.15) is 5.82 Å². The molecule has 0 radical (unpaired) electrons. The fourth-order valence-electron chi connectivity index (χ4n) is 1.63. The van der Waals surface area contributed by atoms with Gasteiger partial charge < -0.3 is 5.32 Å². The van der Waals surface area contributed by atoms with Gasteiger partial charge >= 0.3 is 0 Å². The number of para-hydroxylation sites is 1. The molecular weight excluding hydrogens is 367 g/mol. The van der Waals surface area contributed by atoms with Crippen LogP contribution in [0, 0.1) is 5.82 Å². The number of thioether (sulfide) groups is 1. The summed E-state index contributed by atoms with van der Waals surface area (Å²) in [4.78, 5) is 12.2. The van der Waals surface area contributed by atoms with Crippen LogP contribution in [0.3, 0.4) is 0 Å². The van der Waals surface area contributed by atoms with Crippen LogP contribution < -0.4 is 5.32 Å². The van der Waals surface area contributed by atoms with Crippen molar-refractivity contribution in [2.75, 3.05) is 5.32 Å². The smallest absolute Gasteiger partial charge is 0.288 e. The Morgan fingerprint density at radius 3 is 2.57 bits per heavy atom. The van der Waals surface area contributed by atoms with Gasteiger partial charge in [0.15, 0.2) is 0 Å². The van der Waals surface area contributed by atoms with E-state index in [1.54, 1.807) is 12.1 Å². The van der Waals surface area contributed by atoms with E-state index in [-0.39, 0.29) is 16.1 Å². The summed E-state index contributed by atoms with van der Waals surface area (Å²) in [6.45, 7) is 0. The molecule has 0 aliphatic rings. The van der Waals surface area contributed by atoms with Crippen molar-refractivity contribution in [3.05, 3.63) is 58.3 Å². The van der Waals surface area contributed by atoms with Crippen molar-refractivity contribution in [3.63, 3.8) is 0 Å². The predicted molar refractivity (Wildman–Crippen MR) is 80.4 cm³/mol. The molecule has 2 aromatic carbocycles. The standard InChI is InChI=1S/C14H9BrF3NOS/c15-8-5-6-9(10(16)7-8)13(20)19-11-3-1-2-4-12(11)21-14(17)18/h1-7,14H,(H,19,20). The molecule has 21 heavy (non-hydrogen) atoms. The number of benzene rings is 2. The van der Waals surface area contributed by atoms with E-state index in [4.69, 9.17) is 0 Å². The van der Waals surface area contributed by atoms with Gasteiger partial charge in [0.25, 0.3) is 11.7 Å². The van der Waals surface area contributed by atoms with Crippen LogP contribution in [0.4, 0.5) is 18.9 Å². The first-order chi connectivity index (χ1) is 9.97. The lowest BCUT2D eigenvalue weighted by Crippen LogP contribution is -2.14. The lowest BCUT2D eigenvalue weighted by atomic mass is 10.2. The molecule has 110 valence electrons. The number of rotatable bonds is 4. The maximum absolute atomic E-state index is 13.7. The van der Waals surface area contributed by atoms with Gasteiger partial charge in [-0.3, -0.25) is 4.79 Å². The Morgan fingerprint density at radius 2 is 1.90 bits per heavy atom. The summed E-state index contributed by atoms with van der Waals surface area (Å²) in [6.07, 6.45) is 0. The van der Waals surface area contributed by atoms with Gasteiger partial charge in [-0.05, 0) is 30.3 Å². The minimum Gasteiger partial charge on any atom is -0.321 e. The molecule has 0 bridgehead atoms. The van der Waals surface area contributed by atoms with E-state index in [0.717, 1.165) is 6.07 Å². The van der Waals surface area contributed by atoms with Crippen LogP contribution >= 0.6 is 27.7 Å². The highest BCUT2D eigenvalue weighted by molar-refractivity contribution is 9.10. The number of hydrogen-bond donors (Lipinski definition) is 1. The average Bonchev–Trinajstić information content (AvgIpc) is 2.40. The van der Waals surface area contributed by atoms with Crippen LogP contribution in [0.15, 0.2) is 51.8 Å². The molecule has 0 saturated carbocycles. The Balaban J connectivity index is 2.23. The van der Waals surface area contributed by atoms with Gasteiger partial charge in [-0.2, -0.15) is 8.78 Å². The normalized spacial score (nSPS) is 10.7. The first-order valence-electron chi connectivity index (χ1n) is 5.77. The molecule has 1 N–H and O–H groups in total. The van der Waals surface area contributed by atoms with E-state index in [1.165, 1.54) is 24.3 Å². The largest absolute Gasteiger partial charge is 0.321 e. The summed E-state index contributed by atoms with van der Waals surface area (Å²) in [5.41, 5.74) is 0.0603. The van der Waals surface area contributed by atoms with Gasteiger partial charge in [0, 0.05) is 9.37 Å². The van der Waals surface area contributed by atoms with Crippen molar-refractivity contribution >= 4 is 39.3 Å². The van der Waals surface area contributed by atoms with Gasteiger partial charge in [-0.15, -0.1) is 0 Å². The minimum absolute atomic E-state index is 0.157. The second-order valence-corrected chi connectivity index (χ2v) is 5.90. The highest BCUT2D eigenvalue weighted by Gasteiger charge is 2.15. The molecule has 0 spiro atoms. The number of halogens is 4.